The van der Waals surface area contributed by atoms with Crippen LogP contribution in [-0.4, -0.2) is 17.7 Å². The van der Waals surface area contributed by atoms with E-state index in [9.17, 15) is 22.7 Å². The maximum Gasteiger partial charge on any atom is 0.416 e. The van der Waals surface area contributed by atoms with Crippen LogP contribution in [0, 0.1) is 5.82 Å². The Labute approximate surface area is 102 Å². The minimum atomic E-state index is -4.61. The number of nitrogens with one attached hydrogen (secondary N) is 1. The number of aliphatic hydroxyl groups is 1. The summed E-state index contributed by atoms with van der Waals surface area (Å²) >= 11 is 0. The van der Waals surface area contributed by atoms with E-state index in [1.165, 1.54) is 0 Å². The number of aliphatic hydroxyl groups excluding tert-OH is 1. The Morgan fingerprint density at radius 3 is 2.56 bits per heavy atom. The molecule has 0 saturated carbocycles. The maximum atomic E-state index is 13.2. The first-order valence-electron chi connectivity index (χ1n) is 5.67. The van der Waals surface area contributed by atoms with Gasteiger partial charge >= 0.3 is 6.18 Å². The lowest BCUT2D eigenvalue weighted by Gasteiger charge is -2.20. The van der Waals surface area contributed by atoms with Crippen LogP contribution in [0.1, 0.15) is 30.1 Å². The fraction of sp³-hybridized carbons (Fsp3) is 0.500. The number of hydrogen-bond donors (Lipinski definition) is 2. The second-order valence-corrected chi connectivity index (χ2v) is 4.42. The first kappa shape index (κ1) is 13.3. The molecule has 0 bridgehead atoms. The van der Waals surface area contributed by atoms with Gasteiger partial charge in [-0.05, 0) is 43.1 Å². The molecule has 2 atom stereocenters. The first-order chi connectivity index (χ1) is 8.38. The summed E-state index contributed by atoms with van der Waals surface area (Å²) in [5.41, 5.74) is -1.11. The van der Waals surface area contributed by atoms with Gasteiger partial charge in [-0.25, -0.2) is 4.39 Å². The van der Waals surface area contributed by atoms with Crippen LogP contribution in [0.2, 0.25) is 0 Å². The second-order valence-electron chi connectivity index (χ2n) is 4.42. The van der Waals surface area contributed by atoms with Crippen molar-refractivity contribution < 1.29 is 22.7 Å². The summed E-state index contributed by atoms with van der Waals surface area (Å²) in [5.74, 6) is -0.989. The molecule has 2 unspecified atom stereocenters. The molecule has 6 heteroatoms. The van der Waals surface area contributed by atoms with Crippen molar-refractivity contribution >= 4 is 0 Å². The van der Waals surface area contributed by atoms with E-state index in [1.807, 2.05) is 0 Å². The highest BCUT2D eigenvalue weighted by atomic mass is 19.4. The molecule has 1 fully saturated rings. The van der Waals surface area contributed by atoms with Gasteiger partial charge in [0.2, 0.25) is 0 Å². The van der Waals surface area contributed by atoms with Gasteiger partial charge in [-0.3, -0.25) is 0 Å². The fourth-order valence-electron chi connectivity index (χ4n) is 2.16. The summed E-state index contributed by atoms with van der Waals surface area (Å²) in [6.45, 7) is 0.711. The van der Waals surface area contributed by atoms with Gasteiger partial charge < -0.3 is 10.4 Å². The van der Waals surface area contributed by atoms with Crippen molar-refractivity contribution in [3.63, 3.8) is 0 Å². The van der Waals surface area contributed by atoms with Gasteiger partial charge in [-0.15, -0.1) is 0 Å². The van der Waals surface area contributed by atoms with E-state index in [4.69, 9.17) is 0 Å². The van der Waals surface area contributed by atoms with Gasteiger partial charge in [0.15, 0.2) is 0 Å². The van der Waals surface area contributed by atoms with Crippen molar-refractivity contribution in [3.05, 3.63) is 35.1 Å². The van der Waals surface area contributed by atoms with Crippen LogP contribution in [0.5, 0.6) is 0 Å². The normalized spacial score (nSPS) is 22.2. The van der Waals surface area contributed by atoms with E-state index < -0.39 is 23.7 Å². The Morgan fingerprint density at radius 2 is 2.00 bits per heavy atom. The predicted molar refractivity (Wildman–Crippen MR) is 57.4 cm³/mol. The average Bonchev–Trinajstić information content (AvgIpc) is 2.79. The molecule has 1 aliphatic heterocycles. The highest BCUT2D eigenvalue weighted by Crippen LogP contribution is 2.33. The van der Waals surface area contributed by atoms with Crippen LogP contribution in [0.15, 0.2) is 18.2 Å². The zero-order valence-electron chi connectivity index (χ0n) is 9.47. The van der Waals surface area contributed by atoms with Gasteiger partial charge in [0.1, 0.15) is 5.82 Å². The van der Waals surface area contributed by atoms with Crippen LogP contribution in [0.3, 0.4) is 0 Å². The maximum absolute atomic E-state index is 13.2. The molecule has 0 aliphatic carbocycles. The van der Waals surface area contributed by atoms with Gasteiger partial charge in [0.05, 0.1) is 11.7 Å². The SMILES string of the molecule is OC(c1cc(F)cc(C(F)(F)F)c1)C1CCCN1. The molecule has 18 heavy (non-hydrogen) atoms. The van der Waals surface area contributed by atoms with Crippen LogP contribution in [-0.2, 0) is 6.18 Å². The highest BCUT2D eigenvalue weighted by molar-refractivity contribution is 5.29. The third-order valence-electron chi connectivity index (χ3n) is 3.07. The summed E-state index contributed by atoms with van der Waals surface area (Å²) < 4.78 is 50.7. The van der Waals surface area contributed by atoms with Crippen molar-refractivity contribution in [1.29, 1.82) is 0 Å². The van der Waals surface area contributed by atoms with Crippen LogP contribution >= 0.6 is 0 Å². The van der Waals surface area contributed by atoms with Crippen molar-refractivity contribution in [2.24, 2.45) is 0 Å². The molecule has 1 heterocycles. The quantitative estimate of drug-likeness (QED) is 0.804. The van der Waals surface area contributed by atoms with Crippen molar-refractivity contribution in [2.45, 2.75) is 31.2 Å². The monoisotopic (exact) mass is 263 g/mol. The van der Waals surface area contributed by atoms with E-state index in [-0.39, 0.29) is 11.6 Å². The van der Waals surface area contributed by atoms with Gasteiger partial charge in [-0.1, -0.05) is 0 Å². The van der Waals surface area contributed by atoms with Gasteiger partial charge in [-0.2, -0.15) is 13.2 Å². The van der Waals surface area contributed by atoms with Gasteiger partial charge in [0.25, 0.3) is 0 Å². The Balaban J connectivity index is 2.29. The Bertz CT molecular complexity index is 427. The molecule has 2 rings (SSSR count). The summed E-state index contributed by atoms with van der Waals surface area (Å²) in [5, 5.41) is 12.9. The summed E-state index contributed by atoms with van der Waals surface area (Å²) in [6, 6.07) is 1.86. The Morgan fingerprint density at radius 1 is 1.28 bits per heavy atom. The third kappa shape index (κ3) is 2.81. The predicted octanol–water partition coefficient (Wildman–Crippen LogP) is 2.63. The number of hydrogen-bond acceptors (Lipinski definition) is 2. The van der Waals surface area contributed by atoms with Gasteiger partial charge in [0, 0.05) is 6.04 Å². The standard InChI is InChI=1S/C12H13F4NO/c13-9-5-7(4-8(6-9)12(14,15)16)11(18)10-2-1-3-17-10/h4-6,10-11,17-18H,1-3H2. The highest BCUT2D eigenvalue weighted by Gasteiger charge is 2.33. The van der Waals surface area contributed by atoms with Crippen LogP contribution in [0.25, 0.3) is 0 Å². The van der Waals surface area contributed by atoms with Crippen molar-refractivity contribution in [3.8, 4) is 0 Å². The number of alkyl halides is 3. The largest absolute Gasteiger partial charge is 0.416 e. The van der Waals surface area contributed by atoms with E-state index in [1.54, 1.807) is 0 Å². The summed E-state index contributed by atoms with van der Waals surface area (Å²) in [4.78, 5) is 0. The van der Waals surface area contributed by atoms with E-state index in [0.717, 1.165) is 18.6 Å². The molecule has 2 nitrogen and oxygen atoms in total. The lowest BCUT2D eigenvalue weighted by molar-refractivity contribution is -0.137. The first-order valence-corrected chi connectivity index (χ1v) is 5.67. The molecule has 0 spiro atoms. The molecule has 1 aromatic carbocycles. The molecular formula is C12H13F4NO. The number of halogens is 4. The van der Waals surface area contributed by atoms with E-state index >= 15 is 0 Å². The smallest absolute Gasteiger partial charge is 0.387 e. The lowest BCUT2D eigenvalue weighted by Crippen LogP contribution is -2.29. The number of rotatable bonds is 2. The van der Waals surface area contributed by atoms with E-state index in [2.05, 4.69) is 5.32 Å². The molecular weight excluding hydrogens is 250 g/mol. The minimum Gasteiger partial charge on any atom is -0.387 e. The molecule has 0 amide bonds. The number of benzene rings is 1. The second kappa shape index (κ2) is 4.85. The minimum absolute atomic E-state index is 0.0401. The Kier molecular flexibility index (Phi) is 3.59. The van der Waals surface area contributed by atoms with E-state index in [0.29, 0.717) is 19.0 Å². The zero-order chi connectivity index (χ0) is 13.3. The third-order valence-corrected chi connectivity index (χ3v) is 3.07. The van der Waals surface area contributed by atoms with Crippen LogP contribution in [0.4, 0.5) is 17.6 Å². The zero-order valence-corrected chi connectivity index (χ0v) is 9.47. The molecule has 0 aromatic heterocycles. The lowest BCUT2D eigenvalue weighted by atomic mass is 9.99. The fourth-order valence-corrected chi connectivity index (χ4v) is 2.16. The molecule has 1 aliphatic rings. The summed E-state index contributed by atoms with van der Waals surface area (Å²) in [6.07, 6.45) is -4.22. The Hall–Kier alpha value is -1.14. The van der Waals surface area contributed by atoms with Crippen molar-refractivity contribution in [1.82, 2.24) is 5.32 Å². The average molecular weight is 263 g/mol. The molecule has 100 valence electrons. The van der Waals surface area contributed by atoms with Crippen LogP contribution < -0.4 is 5.32 Å². The summed E-state index contributed by atoms with van der Waals surface area (Å²) in [7, 11) is 0. The molecule has 0 radical (unpaired) electrons. The molecule has 2 N–H and O–H groups in total. The molecule has 1 saturated heterocycles. The topological polar surface area (TPSA) is 32.3 Å². The molecule has 1 aromatic rings. The van der Waals surface area contributed by atoms with Crippen molar-refractivity contribution in [2.75, 3.05) is 6.54 Å².